The number of aromatic amines is 1. The maximum atomic E-state index is 13.0. The van der Waals surface area contributed by atoms with Gasteiger partial charge in [0.05, 0.1) is 19.2 Å². The Morgan fingerprint density at radius 1 is 1.30 bits per heavy atom. The summed E-state index contributed by atoms with van der Waals surface area (Å²) >= 11 is 5.89. The Morgan fingerprint density at radius 2 is 2.04 bits per heavy atom. The highest BCUT2D eigenvalue weighted by atomic mass is 35.5. The first-order valence-corrected chi connectivity index (χ1v) is 9.36. The lowest BCUT2D eigenvalue weighted by molar-refractivity contribution is -0.142. The number of aliphatic hydroxyl groups is 1. The van der Waals surface area contributed by atoms with Crippen LogP contribution >= 0.6 is 11.6 Å². The van der Waals surface area contributed by atoms with Crippen LogP contribution in [-0.4, -0.2) is 39.7 Å². The van der Waals surface area contributed by atoms with Crippen LogP contribution in [0.15, 0.2) is 48.5 Å². The quantitative estimate of drug-likeness (QED) is 0.723. The first-order chi connectivity index (χ1) is 13.1. The number of aromatic nitrogens is 1. The molecule has 1 aromatic heterocycles. The van der Waals surface area contributed by atoms with Gasteiger partial charge in [-0.1, -0.05) is 29.8 Å². The van der Waals surface area contributed by atoms with Crippen molar-refractivity contribution in [2.24, 2.45) is 0 Å². The van der Waals surface area contributed by atoms with Crippen molar-refractivity contribution in [3.63, 3.8) is 0 Å². The number of carbonyl (C=O) groups is 1. The normalized spacial score (nSPS) is 17.6. The number of carbonyl (C=O) groups excluding carboxylic acids is 1. The van der Waals surface area contributed by atoms with Crippen molar-refractivity contribution in [3.05, 3.63) is 64.8 Å². The van der Waals surface area contributed by atoms with Crippen LogP contribution in [0.5, 0.6) is 5.75 Å². The van der Waals surface area contributed by atoms with E-state index in [4.69, 9.17) is 16.3 Å². The van der Waals surface area contributed by atoms with E-state index in [9.17, 15) is 9.90 Å². The van der Waals surface area contributed by atoms with Gasteiger partial charge in [0.15, 0.2) is 6.10 Å². The number of ether oxygens (including phenoxy) is 1. The highest BCUT2D eigenvalue weighted by molar-refractivity contribution is 6.30. The number of benzene rings is 2. The van der Waals surface area contributed by atoms with Gasteiger partial charge in [0.2, 0.25) is 0 Å². The number of amides is 1. The van der Waals surface area contributed by atoms with Gasteiger partial charge in [0, 0.05) is 21.6 Å². The molecule has 0 aliphatic carbocycles. The molecule has 0 saturated carbocycles. The van der Waals surface area contributed by atoms with E-state index in [1.165, 1.54) is 5.56 Å². The summed E-state index contributed by atoms with van der Waals surface area (Å²) in [6.07, 6.45) is -0.0407. The van der Waals surface area contributed by atoms with Crippen LogP contribution in [0.3, 0.4) is 0 Å². The van der Waals surface area contributed by atoms with Gasteiger partial charge in [-0.3, -0.25) is 4.79 Å². The van der Waals surface area contributed by atoms with Crippen molar-refractivity contribution in [3.8, 4) is 5.75 Å². The average Bonchev–Trinajstić information content (AvgIpc) is 3.05. The molecule has 2 unspecified atom stereocenters. The van der Waals surface area contributed by atoms with Gasteiger partial charge in [-0.2, -0.15) is 0 Å². The van der Waals surface area contributed by atoms with Crippen LogP contribution < -0.4 is 4.74 Å². The first-order valence-electron chi connectivity index (χ1n) is 8.99. The number of aliphatic hydroxyl groups excluding tert-OH is 1. The standard InChI is InChI=1S/C21H21ClN2O3/c1-13(27-16-8-6-14(22)7-9-16)21(26)24-11-20-18(10-15(24)12-25)17-4-2-3-5-19(17)23-20/h2-9,13,15,23,25H,10-12H2,1H3. The van der Waals surface area contributed by atoms with E-state index in [1.54, 1.807) is 36.1 Å². The molecule has 0 spiro atoms. The second-order valence-corrected chi connectivity index (χ2v) is 7.28. The molecule has 1 amide bonds. The monoisotopic (exact) mass is 384 g/mol. The summed E-state index contributed by atoms with van der Waals surface area (Å²) in [4.78, 5) is 18.1. The molecule has 0 saturated heterocycles. The molecule has 2 heterocycles. The second kappa shape index (κ2) is 7.25. The molecule has 4 rings (SSSR count). The zero-order chi connectivity index (χ0) is 19.0. The summed E-state index contributed by atoms with van der Waals surface area (Å²) in [6.45, 7) is 2.08. The summed E-state index contributed by atoms with van der Waals surface area (Å²) < 4.78 is 5.78. The Hall–Kier alpha value is -2.50. The molecular formula is C21H21ClN2O3. The molecule has 1 aliphatic heterocycles. The molecule has 1 aliphatic rings. The molecule has 0 radical (unpaired) electrons. The predicted molar refractivity (Wildman–Crippen MR) is 105 cm³/mol. The Labute approximate surface area is 162 Å². The van der Waals surface area contributed by atoms with Crippen molar-refractivity contribution in [1.82, 2.24) is 9.88 Å². The van der Waals surface area contributed by atoms with Crippen LogP contribution in [0.1, 0.15) is 18.2 Å². The smallest absolute Gasteiger partial charge is 0.264 e. The summed E-state index contributed by atoms with van der Waals surface area (Å²) in [5.74, 6) is 0.442. The fraction of sp³-hybridized carbons (Fsp3) is 0.286. The van der Waals surface area contributed by atoms with E-state index in [0.29, 0.717) is 23.7 Å². The average molecular weight is 385 g/mol. The minimum Gasteiger partial charge on any atom is -0.481 e. The van der Waals surface area contributed by atoms with E-state index in [0.717, 1.165) is 16.6 Å². The van der Waals surface area contributed by atoms with Crippen LogP contribution in [0.4, 0.5) is 0 Å². The maximum Gasteiger partial charge on any atom is 0.264 e. The molecule has 6 heteroatoms. The Balaban J connectivity index is 1.56. The zero-order valence-corrected chi connectivity index (χ0v) is 15.7. The van der Waals surface area contributed by atoms with Gasteiger partial charge < -0.3 is 19.7 Å². The van der Waals surface area contributed by atoms with Crippen molar-refractivity contribution in [1.29, 1.82) is 0 Å². The van der Waals surface area contributed by atoms with E-state index < -0.39 is 6.10 Å². The van der Waals surface area contributed by atoms with Gasteiger partial charge in [0.1, 0.15) is 5.75 Å². The molecule has 2 aromatic carbocycles. The minimum absolute atomic E-state index is 0.0850. The number of nitrogens with one attached hydrogen (secondary N) is 1. The molecule has 3 aromatic rings. The highest BCUT2D eigenvalue weighted by Crippen LogP contribution is 2.30. The molecule has 2 atom stereocenters. The van der Waals surface area contributed by atoms with Gasteiger partial charge in [-0.15, -0.1) is 0 Å². The van der Waals surface area contributed by atoms with Gasteiger partial charge in [0.25, 0.3) is 5.91 Å². The summed E-state index contributed by atoms with van der Waals surface area (Å²) in [7, 11) is 0. The number of hydrogen-bond acceptors (Lipinski definition) is 3. The van der Waals surface area contributed by atoms with Crippen LogP contribution in [-0.2, 0) is 17.8 Å². The third-order valence-corrected chi connectivity index (χ3v) is 5.33. The number of H-pyrrole nitrogens is 1. The van der Waals surface area contributed by atoms with Gasteiger partial charge >= 0.3 is 0 Å². The summed E-state index contributed by atoms with van der Waals surface area (Å²) in [5, 5.41) is 11.7. The Morgan fingerprint density at radius 3 is 2.78 bits per heavy atom. The number of fused-ring (bicyclic) bond motifs is 3. The summed E-state index contributed by atoms with van der Waals surface area (Å²) in [5.41, 5.74) is 3.26. The lowest BCUT2D eigenvalue weighted by atomic mass is 9.96. The van der Waals surface area contributed by atoms with Crippen molar-refractivity contribution < 1.29 is 14.6 Å². The third-order valence-electron chi connectivity index (χ3n) is 5.08. The molecular weight excluding hydrogens is 364 g/mol. The van der Waals surface area contributed by atoms with E-state index in [1.807, 2.05) is 18.2 Å². The number of nitrogens with zero attached hydrogens (tertiary/aromatic N) is 1. The molecule has 140 valence electrons. The molecule has 0 fully saturated rings. The molecule has 0 bridgehead atoms. The Kier molecular flexibility index (Phi) is 4.81. The highest BCUT2D eigenvalue weighted by Gasteiger charge is 2.34. The van der Waals surface area contributed by atoms with Crippen molar-refractivity contribution in [2.75, 3.05) is 6.61 Å². The summed E-state index contributed by atoms with van der Waals surface area (Å²) in [6, 6.07) is 14.7. The Bertz CT molecular complexity index is 967. The van der Waals surface area contributed by atoms with E-state index in [2.05, 4.69) is 11.1 Å². The predicted octanol–water partition coefficient (Wildman–Crippen LogP) is 3.53. The third kappa shape index (κ3) is 3.40. The zero-order valence-electron chi connectivity index (χ0n) is 15.0. The number of halogens is 1. The largest absolute Gasteiger partial charge is 0.481 e. The minimum atomic E-state index is -0.661. The van der Waals surface area contributed by atoms with E-state index >= 15 is 0 Å². The number of rotatable bonds is 4. The number of hydrogen-bond donors (Lipinski definition) is 2. The van der Waals surface area contributed by atoms with Crippen molar-refractivity contribution >= 4 is 28.4 Å². The molecule has 2 N–H and O–H groups in total. The SMILES string of the molecule is CC(Oc1ccc(Cl)cc1)C(=O)N1Cc2[nH]c3ccccc3c2CC1CO. The first kappa shape index (κ1) is 17.9. The van der Waals surface area contributed by atoms with Gasteiger partial charge in [-0.25, -0.2) is 0 Å². The van der Waals surface area contributed by atoms with Crippen LogP contribution in [0, 0.1) is 0 Å². The topological polar surface area (TPSA) is 65.6 Å². The fourth-order valence-electron chi connectivity index (χ4n) is 3.69. The maximum absolute atomic E-state index is 13.0. The van der Waals surface area contributed by atoms with E-state index in [-0.39, 0.29) is 18.6 Å². The van der Waals surface area contributed by atoms with Crippen molar-refractivity contribution in [2.45, 2.75) is 32.0 Å². The number of para-hydroxylation sites is 1. The molecule has 27 heavy (non-hydrogen) atoms. The van der Waals surface area contributed by atoms with Crippen LogP contribution in [0.2, 0.25) is 5.02 Å². The fourth-order valence-corrected chi connectivity index (χ4v) is 3.82. The lowest BCUT2D eigenvalue weighted by Gasteiger charge is -2.36. The lowest BCUT2D eigenvalue weighted by Crippen LogP contribution is -2.50. The second-order valence-electron chi connectivity index (χ2n) is 6.85. The van der Waals surface area contributed by atoms with Crippen LogP contribution in [0.25, 0.3) is 10.9 Å². The van der Waals surface area contributed by atoms with Gasteiger partial charge in [-0.05, 0) is 49.2 Å². The molecule has 5 nitrogen and oxygen atoms in total.